The average molecular weight is 258 g/mol. The molecule has 0 amide bonds. The summed E-state index contributed by atoms with van der Waals surface area (Å²) < 4.78 is 0. The molecule has 3 heteroatoms. The predicted molar refractivity (Wildman–Crippen MR) is 75.8 cm³/mol. The second-order valence-corrected chi connectivity index (χ2v) is 6.68. The van der Waals surface area contributed by atoms with Crippen molar-refractivity contribution in [3.8, 4) is 0 Å². The first-order valence-electron chi connectivity index (χ1n) is 7.04. The third-order valence-electron chi connectivity index (χ3n) is 4.52. The zero-order valence-electron chi connectivity index (χ0n) is 11.8. The average Bonchev–Trinajstić information content (AvgIpc) is 2.35. The van der Waals surface area contributed by atoms with E-state index in [2.05, 4.69) is 48.3 Å². The van der Waals surface area contributed by atoms with Crippen LogP contribution >= 0.6 is 0 Å². The Labute approximate surface area is 115 Å². The summed E-state index contributed by atoms with van der Waals surface area (Å²) in [5, 5.41) is 3.44. The fraction of sp³-hybridized carbons (Fsp3) is 0.562. The molecule has 3 nitrogen and oxygen atoms in total. The van der Waals surface area contributed by atoms with Gasteiger partial charge in [0.2, 0.25) is 0 Å². The maximum absolute atomic E-state index is 12.6. The van der Waals surface area contributed by atoms with Gasteiger partial charge in [0, 0.05) is 32.7 Å². The molecule has 0 unspecified atom stereocenters. The molecule has 2 bridgehead atoms. The molecule has 3 rings (SSSR count). The van der Waals surface area contributed by atoms with Crippen molar-refractivity contribution in [3.05, 3.63) is 35.9 Å². The van der Waals surface area contributed by atoms with Gasteiger partial charge >= 0.3 is 0 Å². The van der Waals surface area contributed by atoms with E-state index in [0.29, 0.717) is 5.78 Å². The Morgan fingerprint density at radius 2 is 1.68 bits per heavy atom. The molecule has 2 heterocycles. The third kappa shape index (κ3) is 2.21. The number of carbonyl (C=O) groups is 1. The summed E-state index contributed by atoms with van der Waals surface area (Å²) in [7, 11) is 0. The van der Waals surface area contributed by atoms with Crippen LogP contribution < -0.4 is 5.32 Å². The molecule has 1 aromatic rings. The topological polar surface area (TPSA) is 32.3 Å². The van der Waals surface area contributed by atoms with Gasteiger partial charge in [-0.15, -0.1) is 0 Å². The van der Waals surface area contributed by atoms with Crippen LogP contribution in [0.25, 0.3) is 0 Å². The molecule has 0 radical (unpaired) electrons. The largest absolute Gasteiger partial charge is 0.315 e. The minimum Gasteiger partial charge on any atom is -0.315 e. The van der Waals surface area contributed by atoms with Crippen molar-refractivity contribution in [1.82, 2.24) is 10.2 Å². The summed E-state index contributed by atoms with van der Waals surface area (Å²) in [6.07, 6.45) is 0. The highest BCUT2D eigenvalue weighted by Crippen LogP contribution is 2.39. The summed E-state index contributed by atoms with van der Waals surface area (Å²) in [6, 6.07) is 10.5. The molecule has 2 aliphatic heterocycles. The van der Waals surface area contributed by atoms with Crippen LogP contribution in [0.2, 0.25) is 0 Å². The van der Waals surface area contributed by atoms with Crippen LogP contribution in [-0.4, -0.2) is 36.9 Å². The molecule has 0 aromatic heterocycles. The fourth-order valence-corrected chi connectivity index (χ4v) is 3.76. The van der Waals surface area contributed by atoms with Crippen molar-refractivity contribution < 1.29 is 4.79 Å². The van der Waals surface area contributed by atoms with Crippen LogP contribution in [0.3, 0.4) is 0 Å². The number of carbonyl (C=O) groups excluding carboxylic acids is 1. The van der Waals surface area contributed by atoms with Gasteiger partial charge in [0.25, 0.3) is 0 Å². The Bertz CT molecular complexity index is 465. The van der Waals surface area contributed by atoms with E-state index < -0.39 is 0 Å². The summed E-state index contributed by atoms with van der Waals surface area (Å²) in [4.78, 5) is 15.0. The number of rotatable bonds is 2. The van der Waals surface area contributed by atoms with E-state index >= 15 is 0 Å². The molecule has 19 heavy (non-hydrogen) atoms. The number of piperidine rings is 2. The number of nitrogens with zero attached hydrogens (tertiary/aromatic N) is 1. The van der Waals surface area contributed by atoms with E-state index in [9.17, 15) is 4.79 Å². The SMILES string of the molecule is C[C@@]12CNC[C@](C)(CN(Cc3ccccc3)C1)C2=O. The van der Waals surface area contributed by atoms with Crippen LogP contribution in [0.4, 0.5) is 0 Å². The number of hydrogen-bond donors (Lipinski definition) is 1. The summed E-state index contributed by atoms with van der Waals surface area (Å²) in [5.41, 5.74) is 0.884. The Morgan fingerprint density at radius 3 is 2.26 bits per heavy atom. The normalized spacial score (nSPS) is 35.4. The van der Waals surface area contributed by atoms with Gasteiger partial charge in [0.15, 0.2) is 0 Å². The fourth-order valence-electron chi connectivity index (χ4n) is 3.76. The van der Waals surface area contributed by atoms with Crippen LogP contribution in [0, 0.1) is 10.8 Å². The predicted octanol–water partition coefficient (Wildman–Crippen LogP) is 1.69. The van der Waals surface area contributed by atoms with Crippen molar-refractivity contribution in [1.29, 1.82) is 0 Å². The summed E-state index contributed by atoms with van der Waals surface area (Å²) in [6.45, 7) is 8.51. The van der Waals surface area contributed by atoms with Crippen molar-refractivity contribution in [2.24, 2.45) is 10.8 Å². The lowest BCUT2D eigenvalue weighted by molar-refractivity contribution is -0.150. The Balaban J connectivity index is 1.81. The molecule has 0 aliphatic carbocycles. The highest BCUT2D eigenvalue weighted by atomic mass is 16.1. The number of nitrogens with one attached hydrogen (secondary N) is 1. The lowest BCUT2D eigenvalue weighted by Gasteiger charge is -2.52. The lowest BCUT2D eigenvalue weighted by atomic mass is 9.65. The van der Waals surface area contributed by atoms with E-state index in [1.807, 2.05) is 6.07 Å². The number of ketones is 1. The standard InChI is InChI=1S/C16H22N2O/c1-15-9-17-10-16(2,14(15)19)12-18(11-15)8-13-6-4-3-5-7-13/h3-7,17H,8-12H2,1-2H3/t15-,16-/m1/s1. The summed E-state index contributed by atoms with van der Waals surface area (Å²) in [5.74, 6) is 0.447. The molecule has 2 fully saturated rings. The second-order valence-electron chi connectivity index (χ2n) is 6.68. The number of benzene rings is 1. The molecular weight excluding hydrogens is 236 g/mol. The van der Waals surface area contributed by atoms with Crippen molar-refractivity contribution in [2.75, 3.05) is 26.2 Å². The molecule has 102 valence electrons. The van der Waals surface area contributed by atoms with Crippen LogP contribution in [-0.2, 0) is 11.3 Å². The van der Waals surface area contributed by atoms with Crippen LogP contribution in [0.1, 0.15) is 19.4 Å². The third-order valence-corrected chi connectivity index (χ3v) is 4.52. The number of likely N-dealkylation sites (tertiary alicyclic amines) is 1. The summed E-state index contributed by atoms with van der Waals surface area (Å²) >= 11 is 0. The molecule has 0 saturated carbocycles. The minimum absolute atomic E-state index is 0.222. The quantitative estimate of drug-likeness (QED) is 0.876. The minimum atomic E-state index is -0.222. The van der Waals surface area contributed by atoms with Gasteiger partial charge in [0.05, 0.1) is 10.8 Å². The first kappa shape index (κ1) is 12.8. The van der Waals surface area contributed by atoms with Gasteiger partial charge in [-0.05, 0) is 5.56 Å². The first-order chi connectivity index (χ1) is 9.02. The van der Waals surface area contributed by atoms with Crippen LogP contribution in [0.15, 0.2) is 30.3 Å². The number of Topliss-reactive ketones (excluding diaryl/α,β-unsaturated/α-hetero) is 1. The molecule has 0 spiro atoms. The van der Waals surface area contributed by atoms with Gasteiger partial charge in [0.1, 0.15) is 5.78 Å². The zero-order valence-corrected chi connectivity index (χ0v) is 11.8. The molecular formula is C16H22N2O. The van der Waals surface area contributed by atoms with Gasteiger partial charge in [-0.25, -0.2) is 0 Å². The smallest absolute Gasteiger partial charge is 0.149 e. The molecule has 1 N–H and O–H groups in total. The maximum Gasteiger partial charge on any atom is 0.149 e. The van der Waals surface area contributed by atoms with E-state index in [1.165, 1.54) is 5.56 Å². The monoisotopic (exact) mass is 258 g/mol. The van der Waals surface area contributed by atoms with E-state index in [4.69, 9.17) is 0 Å². The van der Waals surface area contributed by atoms with Gasteiger partial charge in [-0.2, -0.15) is 0 Å². The highest BCUT2D eigenvalue weighted by Gasteiger charge is 2.53. The van der Waals surface area contributed by atoms with Gasteiger partial charge < -0.3 is 5.32 Å². The van der Waals surface area contributed by atoms with E-state index in [0.717, 1.165) is 32.7 Å². The number of fused-ring (bicyclic) bond motifs is 2. The van der Waals surface area contributed by atoms with Crippen LogP contribution in [0.5, 0.6) is 0 Å². The van der Waals surface area contributed by atoms with E-state index in [-0.39, 0.29) is 10.8 Å². The van der Waals surface area contributed by atoms with Crippen molar-refractivity contribution in [2.45, 2.75) is 20.4 Å². The maximum atomic E-state index is 12.6. The number of hydrogen-bond acceptors (Lipinski definition) is 3. The molecule has 2 aliphatic rings. The Kier molecular flexibility index (Phi) is 2.99. The van der Waals surface area contributed by atoms with Crippen molar-refractivity contribution in [3.63, 3.8) is 0 Å². The zero-order chi connectivity index (χ0) is 13.5. The van der Waals surface area contributed by atoms with Gasteiger partial charge in [-0.3, -0.25) is 9.69 Å². The Hall–Kier alpha value is -1.19. The lowest BCUT2D eigenvalue weighted by Crippen LogP contribution is -2.67. The van der Waals surface area contributed by atoms with Crippen molar-refractivity contribution >= 4 is 5.78 Å². The van der Waals surface area contributed by atoms with Gasteiger partial charge in [-0.1, -0.05) is 44.2 Å². The Morgan fingerprint density at radius 1 is 1.11 bits per heavy atom. The molecule has 1 aromatic carbocycles. The molecule has 2 atom stereocenters. The van der Waals surface area contributed by atoms with E-state index in [1.54, 1.807) is 0 Å². The first-order valence-corrected chi connectivity index (χ1v) is 7.04. The molecule has 2 saturated heterocycles. The highest BCUT2D eigenvalue weighted by molar-refractivity contribution is 5.92. The second kappa shape index (κ2) is 4.43.